The van der Waals surface area contributed by atoms with Crippen molar-refractivity contribution in [3.05, 3.63) is 71.2 Å². The lowest BCUT2D eigenvalue weighted by atomic mass is 10.0. The molecule has 0 saturated heterocycles. The highest BCUT2D eigenvalue weighted by Gasteiger charge is 2.18. The predicted molar refractivity (Wildman–Crippen MR) is 116 cm³/mol. The van der Waals surface area contributed by atoms with Crippen LogP contribution in [0.3, 0.4) is 0 Å². The van der Waals surface area contributed by atoms with Crippen molar-refractivity contribution in [1.29, 1.82) is 0 Å². The summed E-state index contributed by atoms with van der Waals surface area (Å²) in [6.45, 7) is 4.34. The van der Waals surface area contributed by atoms with Gasteiger partial charge in [-0.25, -0.2) is 0 Å². The minimum atomic E-state index is -0.394. The number of benzene rings is 2. The number of hydrogen-bond donors (Lipinski definition) is 2. The molecule has 4 rings (SSSR count). The Balaban J connectivity index is 1.69. The number of aromatic nitrogens is 2. The molecule has 0 aliphatic rings. The zero-order chi connectivity index (χ0) is 20.5. The number of nitrogens with zero attached hydrogens (tertiary/aromatic N) is 2. The smallest absolute Gasteiger partial charge is 0.306 e. The van der Waals surface area contributed by atoms with Gasteiger partial charge in [0.2, 0.25) is 0 Å². The Labute approximate surface area is 173 Å². The maximum absolute atomic E-state index is 12.6. The van der Waals surface area contributed by atoms with Crippen LogP contribution in [0.4, 0.5) is 11.4 Å². The van der Waals surface area contributed by atoms with Crippen LogP contribution in [0, 0.1) is 5.92 Å². The molecule has 0 saturated carbocycles. The first-order valence-electron chi connectivity index (χ1n) is 9.33. The van der Waals surface area contributed by atoms with Crippen LogP contribution >= 0.6 is 11.6 Å². The van der Waals surface area contributed by atoms with Crippen molar-refractivity contribution in [2.75, 3.05) is 11.1 Å². The number of halogens is 1. The molecule has 0 fully saturated rings. The molecule has 7 heteroatoms. The molecule has 0 bridgehead atoms. The number of carbonyl (C=O) groups excluding carboxylic acids is 1. The SMILES string of the molecule is CC(C)Cc1cn(-c2nc(C(=O)Nc3ccccc3N)co2)c2cc(Cl)ccc12. The Hall–Kier alpha value is -3.25. The summed E-state index contributed by atoms with van der Waals surface area (Å²) < 4.78 is 7.45. The van der Waals surface area contributed by atoms with Gasteiger partial charge in [0.05, 0.1) is 16.9 Å². The van der Waals surface area contributed by atoms with Gasteiger partial charge in [-0.1, -0.05) is 43.6 Å². The lowest BCUT2D eigenvalue weighted by molar-refractivity contribution is 0.102. The van der Waals surface area contributed by atoms with Gasteiger partial charge in [-0.05, 0) is 42.2 Å². The molecule has 1 amide bonds. The summed E-state index contributed by atoms with van der Waals surface area (Å²) in [5, 5.41) is 4.46. The Morgan fingerprint density at radius 1 is 1.28 bits per heavy atom. The molecular formula is C22H21ClN4O2. The van der Waals surface area contributed by atoms with Gasteiger partial charge >= 0.3 is 6.01 Å². The van der Waals surface area contributed by atoms with Gasteiger partial charge in [-0.15, -0.1) is 0 Å². The zero-order valence-electron chi connectivity index (χ0n) is 16.1. The van der Waals surface area contributed by atoms with Gasteiger partial charge in [0.15, 0.2) is 5.69 Å². The van der Waals surface area contributed by atoms with Crippen molar-refractivity contribution in [2.24, 2.45) is 5.92 Å². The summed E-state index contributed by atoms with van der Waals surface area (Å²) in [5.41, 5.74) is 9.12. The quantitative estimate of drug-likeness (QED) is 0.438. The fourth-order valence-electron chi connectivity index (χ4n) is 3.31. The number of hydrogen-bond acceptors (Lipinski definition) is 4. The molecule has 0 unspecified atom stereocenters. The number of fused-ring (bicyclic) bond motifs is 1. The minimum Gasteiger partial charge on any atom is -0.431 e. The molecule has 2 heterocycles. The van der Waals surface area contributed by atoms with Crippen LogP contribution in [-0.2, 0) is 6.42 Å². The first-order valence-corrected chi connectivity index (χ1v) is 9.71. The number of carbonyl (C=O) groups is 1. The van der Waals surface area contributed by atoms with Crippen LogP contribution in [0.2, 0.25) is 5.02 Å². The molecule has 0 spiro atoms. The number of amides is 1. The predicted octanol–water partition coefficient (Wildman–Crippen LogP) is 5.30. The molecule has 0 atom stereocenters. The number of anilines is 2. The number of para-hydroxylation sites is 2. The van der Waals surface area contributed by atoms with E-state index in [0.717, 1.165) is 17.3 Å². The summed E-state index contributed by atoms with van der Waals surface area (Å²) in [5.74, 6) is 0.0988. The minimum absolute atomic E-state index is 0.164. The Kier molecular flexibility index (Phi) is 5.03. The van der Waals surface area contributed by atoms with Gasteiger partial charge in [-0.2, -0.15) is 4.98 Å². The van der Waals surface area contributed by atoms with Crippen molar-refractivity contribution < 1.29 is 9.21 Å². The maximum atomic E-state index is 12.6. The molecule has 29 heavy (non-hydrogen) atoms. The van der Waals surface area contributed by atoms with Crippen molar-refractivity contribution in [3.8, 4) is 6.01 Å². The van der Waals surface area contributed by atoms with Gasteiger partial charge < -0.3 is 15.5 Å². The average molecular weight is 409 g/mol. The molecule has 2 aromatic heterocycles. The third kappa shape index (κ3) is 3.84. The van der Waals surface area contributed by atoms with E-state index in [2.05, 4.69) is 24.1 Å². The van der Waals surface area contributed by atoms with E-state index in [9.17, 15) is 4.79 Å². The van der Waals surface area contributed by atoms with Crippen molar-refractivity contribution in [3.63, 3.8) is 0 Å². The Morgan fingerprint density at radius 3 is 2.83 bits per heavy atom. The molecule has 0 aliphatic heterocycles. The molecule has 0 aliphatic carbocycles. The second-order valence-corrected chi connectivity index (χ2v) is 7.78. The van der Waals surface area contributed by atoms with E-state index in [0.29, 0.717) is 28.3 Å². The highest BCUT2D eigenvalue weighted by molar-refractivity contribution is 6.31. The normalized spacial score (nSPS) is 11.3. The lowest BCUT2D eigenvalue weighted by Crippen LogP contribution is -2.13. The van der Waals surface area contributed by atoms with E-state index in [1.165, 1.54) is 11.8 Å². The van der Waals surface area contributed by atoms with Crippen LogP contribution in [0.5, 0.6) is 0 Å². The maximum Gasteiger partial charge on any atom is 0.306 e. The van der Waals surface area contributed by atoms with E-state index < -0.39 is 5.91 Å². The molecular weight excluding hydrogens is 388 g/mol. The van der Waals surface area contributed by atoms with E-state index in [1.54, 1.807) is 24.3 Å². The van der Waals surface area contributed by atoms with Crippen LogP contribution in [0.15, 0.2) is 59.3 Å². The number of rotatable bonds is 5. The van der Waals surface area contributed by atoms with Gasteiger partial charge in [0, 0.05) is 16.6 Å². The highest BCUT2D eigenvalue weighted by Crippen LogP contribution is 2.29. The lowest BCUT2D eigenvalue weighted by Gasteiger charge is -2.05. The van der Waals surface area contributed by atoms with Crippen LogP contribution < -0.4 is 11.1 Å². The zero-order valence-corrected chi connectivity index (χ0v) is 16.9. The van der Waals surface area contributed by atoms with Gasteiger partial charge in [0.25, 0.3) is 5.91 Å². The monoisotopic (exact) mass is 408 g/mol. The van der Waals surface area contributed by atoms with E-state index in [1.807, 2.05) is 29.0 Å². The molecule has 2 aromatic carbocycles. The average Bonchev–Trinajstić information content (AvgIpc) is 3.28. The number of oxazole rings is 1. The third-order valence-corrected chi connectivity index (χ3v) is 4.85. The first kappa shape index (κ1) is 19.1. The van der Waals surface area contributed by atoms with E-state index >= 15 is 0 Å². The second-order valence-electron chi connectivity index (χ2n) is 7.34. The summed E-state index contributed by atoms with van der Waals surface area (Å²) >= 11 is 6.21. The summed E-state index contributed by atoms with van der Waals surface area (Å²) in [7, 11) is 0. The third-order valence-electron chi connectivity index (χ3n) is 4.62. The highest BCUT2D eigenvalue weighted by atomic mass is 35.5. The Morgan fingerprint density at radius 2 is 2.07 bits per heavy atom. The molecule has 4 aromatic rings. The van der Waals surface area contributed by atoms with E-state index in [4.69, 9.17) is 21.8 Å². The topological polar surface area (TPSA) is 86.1 Å². The van der Waals surface area contributed by atoms with Crippen molar-refractivity contribution in [2.45, 2.75) is 20.3 Å². The number of nitrogen functional groups attached to an aromatic ring is 1. The second kappa shape index (κ2) is 7.64. The van der Waals surface area contributed by atoms with Crippen LogP contribution in [-0.4, -0.2) is 15.5 Å². The number of nitrogens with two attached hydrogens (primary N) is 1. The summed E-state index contributed by atoms with van der Waals surface area (Å²) in [4.78, 5) is 16.9. The number of nitrogens with one attached hydrogen (secondary N) is 1. The molecule has 0 radical (unpaired) electrons. The van der Waals surface area contributed by atoms with Crippen LogP contribution in [0.25, 0.3) is 16.9 Å². The summed E-state index contributed by atoms with van der Waals surface area (Å²) in [6.07, 6.45) is 4.23. The van der Waals surface area contributed by atoms with E-state index in [-0.39, 0.29) is 5.69 Å². The molecule has 148 valence electrons. The van der Waals surface area contributed by atoms with Crippen molar-refractivity contribution >= 4 is 39.8 Å². The van der Waals surface area contributed by atoms with Crippen LogP contribution in [0.1, 0.15) is 29.9 Å². The van der Waals surface area contributed by atoms with Gasteiger partial charge in [-0.3, -0.25) is 9.36 Å². The van der Waals surface area contributed by atoms with Gasteiger partial charge in [0.1, 0.15) is 6.26 Å². The Bertz CT molecular complexity index is 1190. The first-order chi connectivity index (χ1) is 13.9. The standard InChI is InChI=1S/C22H21ClN4O2/c1-13(2)9-14-11-27(20-10-15(23)7-8-16(14)20)22-26-19(12-29-22)21(28)25-18-6-4-3-5-17(18)24/h3-8,10-13H,9,24H2,1-2H3,(H,25,28). The van der Waals surface area contributed by atoms with Crippen molar-refractivity contribution in [1.82, 2.24) is 9.55 Å². The molecule has 3 N–H and O–H groups in total. The largest absolute Gasteiger partial charge is 0.431 e. The summed E-state index contributed by atoms with van der Waals surface area (Å²) in [6, 6.07) is 13.1. The fourth-order valence-corrected chi connectivity index (χ4v) is 3.47. The molecule has 6 nitrogen and oxygen atoms in total. The fraction of sp³-hybridized carbons (Fsp3) is 0.182.